The van der Waals surface area contributed by atoms with Crippen molar-refractivity contribution in [2.75, 3.05) is 7.11 Å². The van der Waals surface area contributed by atoms with Gasteiger partial charge in [-0.2, -0.15) is 0 Å². The molecule has 0 spiro atoms. The molecule has 0 saturated heterocycles. The molecule has 0 radical (unpaired) electrons. The van der Waals surface area contributed by atoms with Gasteiger partial charge in [0.15, 0.2) is 6.29 Å². The number of methoxy groups -OCH3 is 1. The Hall–Kier alpha value is -0.500. The van der Waals surface area contributed by atoms with Gasteiger partial charge in [0.2, 0.25) is 0 Å². The Morgan fingerprint density at radius 3 is 2.73 bits per heavy atom. The molecule has 0 aliphatic heterocycles. The van der Waals surface area contributed by atoms with E-state index in [1.165, 1.54) is 7.11 Å². The van der Waals surface area contributed by atoms with Crippen LogP contribution in [0.25, 0.3) is 0 Å². The normalized spacial score (nSPS) is 9.87. The average Bonchev–Trinajstić information content (AvgIpc) is 2.23. The second kappa shape index (κ2) is 5.02. The Bertz CT molecular complexity index is 434. The maximum Gasteiger partial charge on any atom is 0.339 e. The molecule has 1 aromatic carbocycles. The minimum atomic E-state index is -0.672. The molecule has 0 N–H and O–H groups in total. The fourth-order valence-corrected chi connectivity index (χ4v) is 2.53. The molecular formula is C9H5BrFIO3. The largest absolute Gasteiger partial charge is 0.465 e. The number of esters is 1. The van der Waals surface area contributed by atoms with Crippen molar-refractivity contribution in [1.29, 1.82) is 0 Å². The van der Waals surface area contributed by atoms with Crippen molar-refractivity contribution < 1.29 is 18.7 Å². The van der Waals surface area contributed by atoms with Gasteiger partial charge in [0.1, 0.15) is 5.82 Å². The van der Waals surface area contributed by atoms with E-state index in [9.17, 15) is 14.0 Å². The SMILES string of the molecule is COC(=O)c1cc(F)c(Br)c(C=O)c1I. The summed E-state index contributed by atoms with van der Waals surface area (Å²) in [5.74, 6) is -1.34. The maximum absolute atomic E-state index is 13.3. The summed E-state index contributed by atoms with van der Waals surface area (Å²) in [5, 5.41) is 0. The third-order valence-corrected chi connectivity index (χ3v) is 3.68. The van der Waals surface area contributed by atoms with Crippen molar-refractivity contribution in [2.24, 2.45) is 0 Å². The highest BCUT2D eigenvalue weighted by Crippen LogP contribution is 2.27. The number of carbonyl (C=O) groups is 2. The van der Waals surface area contributed by atoms with Crippen LogP contribution in [0.1, 0.15) is 20.7 Å². The second-order valence-electron chi connectivity index (χ2n) is 2.56. The molecule has 0 atom stereocenters. The third-order valence-electron chi connectivity index (χ3n) is 1.71. The first-order valence-electron chi connectivity index (χ1n) is 3.74. The molecule has 6 heteroatoms. The van der Waals surface area contributed by atoms with E-state index in [4.69, 9.17) is 0 Å². The molecule has 0 fully saturated rings. The van der Waals surface area contributed by atoms with Crippen LogP contribution >= 0.6 is 38.5 Å². The first kappa shape index (κ1) is 12.6. The summed E-state index contributed by atoms with van der Waals surface area (Å²) in [6.07, 6.45) is 0.487. The summed E-state index contributed by atoms with van der Waals surface area (Å²) in [6, 6.07) is 1.03. The molecule has 0 amide bonds. The number of benzene rings is 1. The van der Waals surface area contributed by atoms with Gasteiger partial charge >= 0.3 is 5.97 Å². The fourth-order valence-electron chi connectivity index (χ4n) is 0.985. The molecule has 0 aliphatic carbocycles. The maximum atomic E-state index is 13.3. The van der Waals surface area contributed by atoms with Crippen LogP contribution in [-0.2, 0) is 4.74 Å². The number of halogens is 3. The molecule has 0 heterocycles. The lowest BCUT2D eigenvalue weighted by atomic mass is 10.1. The number of ether oxygens (including phenoxy) is 1. The van der Waals surface area contributed by atoms with E-state index < -0.39 is 11.8 Å². The highest BCUT2D eigenvalue weighted by atomic mass is 127. The first-order valence-corrected chi connectivity index (χ1v) is 5.61. The van der Waals surface area contributed by atoms with Gasteiger partial charge < -0.3 is 4.74 Å². The van der Waals surface area contributed by atoms with E-state index >= 15 is 0 Å². The van der Waals surface area contributed by atoms with Crippen LogP contribution in [0.4, 0.5) is 4.39 Å². The number of carbonyl (C=O) groups excluding carboxylic acids is 2. The predicted octanol–water partition coefficient (Wildman–Crippen LogP) is 2.79. The molecule has 0 bridgehead atoms. The third kappa shape index (κ3) is 2.36. The minimum Gasteiger partial charge on any atom is -0.465 e. The molecule has 1 aromatic rings. The van der Waals surface area contributed by atoms with Crippen LogP contribution in [0, 0.1) is 9.39 Å². The monoisotopic (exact) mass is 386 g/mol. The number of hydrogen-bond acceptors (Lipinski definition) is 3. The zero-order chi connectivity index (χ0) is 11.6. The van der Waals surface area contributed by atoms with Gasteiger partial charge in [-0.3, -0.25) is 4.79 Å². The summed E-state index contributed by atoms with van der Waals surface area (Å²) >= 11 is 4.73. The number of hydrogen-bond donors (Lipinski definition) is 0. The Labute approximate surface area is 107 Å². The summed E-state index contributed by atoms with van der Waals surface area (Å²) in [7, 11) is 1.19. The summed E-state index contributed by atoms with van der Waals surface area (Å²) in [4.78, 5) is 22.0. The van der Waals surface area contributed by atoms with E-state index in [0.29, 0.717) is 9.86 Å². The van der Waals surface area contributed by atoms with E-state index in [1.54, 1.807) is 22.6 Å². The van der Waals surface area contributed by atoms with Gasteiger partial charge in [0.25, 0.3) is 0 Å². The summed E-state index contributed by atoms with van der Waals surface area (Å²) < 4.78 is 18.2. The lowest BCUT2D eigenvalue weighted by Gasteiger charge is -2.07. The van der Waals surface area contributed by atoms with E-state index in [2.05, 4.69) is 20.7 Å². The van der Waals surface area contributed by atoms with Gasteiger partial charge in [0.05, 0.1) is 17.1 Å². The molecule has 0 saturated carbocycles. The lowest BCUT2D eigenvalue weighted by Crippen LogP contribution is -2.07. The van der Waals surface area contributed by atoms with E-state index in [0.717, 1.165) is 6.07 Å². The quantitative estimate of drug-likeness (QED) is 0.340. The van der Waals surface area contributed by atoms with Crippen LogP contribution in [0.2, 0.25) is 0 Å². The first-order chi connectivity index (χ1) is 7.02. The van der Waals surface area contributed by atoms with Crippen LogP contribution in [0.15, 0.2) is 10.5 Å². The topological polar surface area (TPSA) is 43.4 Å². The number of rotatable bonds is 2. The smallest absolute Gasteiger partial charge is 0.339 e. The average molecular weight is 387 g/mol. The minimum absolute atomic E-state index is 0.0425. The van der Waals surface area contributed by atoms with Gasteiger partial charge in [0, 0.05) is 9.13 Å². The molecule has 15 heavy (non-hydrogen) atoms. The second-order valence-corrected chi connectivity index (χ2v) is 4.43. The van der Waals surface area contributed by atoms with E-state index in [-0.39, 0.29) is 15.6 Å². The highest BCUT2D eigenvalue weighted by Gasteiger charge is 2.19. The molecule has 80 valence electrons. The summed E-state index contributed by atoms with van der Waals surface area (Å²) in [5.41, 5.74) is 0.150. The predicted molar refractivity (Wildman–Crippen MR) is 63.5 cm³/mol. The molecule has 0 aromatic heterocycles. The van der Waals surface area contributed by atoms with Gasteiger partial charge in [-0.1, -0.05) is 0 Å². The van der Waals surface area contributed by atoms with E-state index in [1.807, 2.05) is 0 Å². The van der Waals surface area contributed by atoms with Crippen molar-refractivity contribution in [2.45, 2.75) is 0 Å². The summed E-state index contributed by atoms with van der Waals surface area (Å²) in [6.45, 7) is 0. The molecule has 1 rings (SSSR count). The van der Waals surface area contributed by atoms with Crippen LogP contribution in [0.3, 0.4) is 0 Å². The molecule has 0 aliphatic rings. The van der Waals surface area contributed by atoms with Crippen molar-refractivity contribution in [3.63, 3.8) is 0 Å². The van der Waals surface area contributed by atoms with Crippen LogP contribution < -0.4 is 0 Å². The number of aldehydes is 1. The van der Waals surface area contributed by atoms with Gasteiger partial charge in [-0.05, 0) is 44.6 Å². The Balaban J connectivity index is 3.50. The van der Waals surface area contributed by atoms with Crippen molar-refractivity contribution in [1.82, 2.24) is 0 Å². The standard InChI is InChI=1S/C9H5BrFIO3/c1-15-9(14)4-2-6(11)7(10)5(3-13)8(4)12/h2-3H,1H3. The Morgan fingerprint density at radius 2 is 2.27 bits per heavy atom. The highest BCUT2D eigenvalue weighted by molar-refractivity contribution is 14.1. The Kier molecular flexibility index (Phi) is 4.21. The van der Waals surface area contributed by atoms with Crippen molar-refractivity contribution in [3.8, 4) is 0 Å². The van der Waals surface area contributed by atoms with Gasteiger partial charge in [-0.25, -0.2) is 9.18 Å². The van der Waals surface area contributed by atoms with Crippen LogP contribution in [-0.4, -0.2) is 19.4 Å². The van der Waals surface area contributed by atoms with Crippen molar-refractivity contribution in [3.05, 3.63) is 31.1 Å². The van der Waals surface area contributed by atoms with Gasteiger partial charge in [-0.15, -0.1) is 0 Å². The lowest BCUT2D eigenvalue weighted by molar-refractivity contribution is 0.0599. The Morgan fingerprint density at radius 1 is 1.67 bits per heavy atom. The van der Waals surface area contributed by atoms with Crippen molar-refractivity contribution >= 4 is 50.8 Å². The molecule has 3 nitrogen and oxygen atoms in total. The molecular weight excluding hydrogens is 382 g/mol. The zero-order valence-corrected chi connectivity index (χ0v) is 11.3. The molecule has 0 unspecified atom stereocenters. The van der Waals surface area contributed by atoms with Crippen LogP contribution in [0.5, 0.6) is 0 Å². The zero-order valence-electron chi connectivity index (χ0n) is 7.51. The fraction of sp³-hybridized carbons (Fsp3) is 0.111.